The van der Waals surface area contributed by atoms with Crippen molar-refractivity contribution in [2.45, 2.75) is 37.8 Å². The Hall–Kier alpha value is -1.79. The topological polar surface area (TPSA) is 55.3 Å². The minimum absolute atomic E-state index is 0.170. The fourth-order valence-electron chi connectivity index (χ4n) is 3.49. The van der Waals surface area contributed by atoms with Gasteiger partial charge in [0.2, 0.25) is 5.91 Å². The van der Waals surface area contributed by atoms with Crippen LogP contribution in [0.15, 0.2) is 29.8 Å². The van der Waals surface area contributed by atoms with Crippen LogP contribution in [0, 0.1) is 0 Å². The van der Waals surface area contributed by atoms with Crippen LogP contribution in [0.3, 0.4) is 0 Å². The predicted octanol–water partition coefficient (Wildman–Crippen LogP) is 2.53. The number of ether oxygens (including phenoxy) is 1. The van der Waals surface area contributed by atoms with Crippen LogP contribution >= 0.6 is 11.3 Å². The fourth-order valence-corrected chi connectivity index (χ4v) is 4.28. The normalized spacial score (nSPS) is 23.7. The fraction of sp³-hybridized carbons (Fsp3) is 0.471. The zero-order valence-corrected chi connectivity index (χ0v) is 13.7. The van der Waals surface area contributed by atoms with Gasteiger partial charge in [0.1, 0.15) is 5.01 Å². The van der Waals surface area contributed by atoms with E-state index in [-0.39, 0.29) is 18.1 Å². The van der Waals surface area contributed by atoms with Gasteiger partial charge in [-0.15, -0.1) is 11.3 Å². The van der Waals surface area contributed by atoms with Crippen LogP contribution in [0.4, 0.5) is 0 Å². The van der Waals surface area contributed by atoms with Gasteiger partial charge in [-0.1, -0.05) is 6.07 Å². The number of fused-ring (bicyclic) bond motifs is 1. The van der Waals surface area contributed by atoms with E-state index in [1.54, 1.807) is 17.5 Å². The van der Waals surface area contributed by atoms with Crippen LogP contribution in [0.5, 0.6) is 0 Å². The Bertz CT molecular complexity index is 688. The van der Waals surface area contributed by atoms with E-state index >= 15 is 0 Å². The summed E-state index contributed by atoms with van der Waals surface area (Å²) in [6.45, 7) is 1.36. The van der Waals surface area contributed by atoms with Crippen molar-refractivity contribution in [2.24, 2.45) is 0 Å². The molecular weight excluding hydrogens is 310 g/mol. The number of rotatable bonds is 3. The van der Waals surface area contributed by atoms with Gasteiger partial charge in [0.25, 0.3) is 0 Å². The average molecular weight is 329 g/mol. The molecule has 4 rings (SSSR count). The van der Waals surface area contributed by atoms with Crippen LogP contribution in [-0.2, 0) is 16.0 Å². The molecule has 0 radical (unpaired) electrons. The van der Waals surface area contributed by atoms with Crippen molar-refractivity contribution in [1.82, 2.24) is 14.9 Å². The standard InChI is InChI=1S/C17H19N3O2S/c21-16(20-8-9-22-15-6-3-5-14(15)20)10-12-11-23-17(19-12)13-4-1-2-7-18-13/h1-2,4,7,11,14-15H,3,5-6,8-10H2/t14-,15+/m0/s1. The largest absolute Gasteiger partial charge is 0.374 e. The molecule has 2 aliphatic rings. The van der Waals surface area contributed by atoms with Gasteiger partial charge in [0, 0.05) is 18.1 Å². The van der Waals surface area contributed by atoms with Crippen molar-refractivity contribution in [1.29, 1.82) is 0 Å². The molecule has 0 spiro atoms. The molecule has 5 nitrogen and oxygen atoms in total. The zero-order valence-electron chi connectivity index (χ0n) is 12.9. The minimum atomic E-state index is 0.170. The minimum Gasteiger partial charge on any atom is -0.374 e. The molecule has 0 aromatic carbocycles. The first-order chi connectivity index (χ1) is 11.3. The highest BCUT2D eigenvalue weighted by atomic mass is 32.1. The summed E-state index contributed by atoms with van der Waals surface area (Å²) in [7, 11) is 0. The summed E-state index contributed by atoms with van der Waals surface area (Å²) >= 11 is 1.54. The van der Waals surface area contributed by atoms with Crippen LogP contribution in [0.1, 0.15) is 25.0 Å². The maximum Gasteiger partial charge on any atom is 0.229 e. The second-order valence-corrected chi connectivity index (χ2v) is 6.89. The summed E-state index contributed by atoms with van der Waals surface area (Å²) in [5.74, 6) is 0.170. The van der Waals surface area contributed by atoms with E-state index in [0.717, 1.165) is 35.7 Å². The molecule has 1 saturated carbocycles. The molecule has 2 fully saturated rings. The Labute approximate surface area is 139 Å². The third-order valence-electron chi connectivity index (χ3n) is 4.57. The third-order valence-corrected chi connectivity index (χ3v) is 5.48. The van der Waals surface area contributed by atoms with Crippen LogP contribution in [0.2, 0.25) is 0 Å². The molecule has 6 heteroatoms. The molecule has 23 heavy (non-hydrogen) atoms. The number of hydrogen-bond acceptors (Lipinski definition) is 5. The first-order valence-corrected chi connectivity index (χ1v) is 8.96. The van der Waals surface area contributed by atoms with E-state index in [1.807, 2.05) is 28.5 Å². The lowest BCUT2D eigenvalue weighted by Gasteiger charge is -2.37. The quantitative estimate of drug-likeness (QED) is 0.868. The molecule has 0 unspecified atom stereocenters. The Morgan fingerprint density at radius 1 is 1.39 bits per heavy atom. The van der Waals surface area contributed by atoms with Gasteiger partial charge in [-0.3, -0.25) is 9.78 Å². The number of morpholine rings is 1. The monoisotopic (exact) mass is 329 g/mol. The summed E-state index contributed by atoms with van der Waals surface area (Å²) in [6.07, 6.45) is 5.66. The third kappa shape index (κ3) is 3.01. The predicted molar refractivity (Wildman–Crippen MR) is 88.1 cm³/mol. The first kappa shape index (κ1) is 14.8. The van der Waals surface area contributed by atoms with Gasteiger partial charge in [-0.25, -0.2) is 4.98 Å². The molecule has 1 saturated heterocycles. The number of amides is 1. The Balaban J connectivity index is 1.46. The number of aromatic nitrogens is 2. The highest BCUT2D eigenvalue weighted by Gasteiger charge is 2.38. The molecule has 3 heterocycles. The lowest BCUT2D eigenvalue weighted by molar-refractivity contribution is -0.143. The van der Waals surface area contributed by atoms with Crippen molar-refractivity contribution >= 4 is 17.2 Å². The number of thiazole rings is 1. The van der Waals surface area contributed by atoms with Crippen LogP contribution in [-0.4, -0.2) is 46.1 Å². The highest BCUT2D eigenvalue weighted by molar-refractivity contribution is 7.13. The van der Waals surface area contributed by atoms with E-state index in [1.165, 1.54) is 0 Å². The van der Waals surface area contributed by atoms with Gasteiger partial charge in [0.15, 0.2) is 0 Å². The highest BCUT2D eigenvalue weighted by Crippen LogP contribution is 2.30. The van der Waals surface area contributed by atoms with Crippen molar-refractivity contribution in [3.8, 4) is 10.7 Å². The summed E-state index contributed by atoms with van der Waals surface area (Å²) in [5, 5.41) is 2.84. The molecule has 2 aromatic heterocycles. The van der Waals surface area contributed by atoms with Crippen molar-refractivity contribution in [2.75, 3.05) is 13.2 Å². The summed E-state index contributed by atoms with van der Waals surface area (Å²) in [6, 6.07) is 6.04. The van der Waals surface area contributed by atoms with E-state index in [0.29, 0.717) is 19.6 Å². The Morgan fingerprint density at radius 2 is 2.35 bits per heavy atom. The second kappa shape index (κ2) is 6.37. The maximum absolute atomic E-state index is 12.7. The van der Waals surface area contributed by atoms with Crippen LogP contribution < -0.4 is 0 Å². The van der Waals surface area contributed by atoms with E-state index < -0.39 is 0 Å². The molecular formula is C17H19N3O2S. The number of pyridine rings is 1. The molecule has 1 aliphatic carbocycles. The van der Waals surface area contributed by atoms with Gasteiger partial charge >= 0.3 is 0 Å². The molecule has 2 atom stereocenters. The summed E-state index contributed by atoms with van der Waals surface area (Å²) in [5.41, 5.74) is 1.69. The zero-order chi connectivity index (χ0) is 15.6. The van der Waals surface area contributed by atoms with Crippen LogP contribution in [0.25, 0.3) is 10.7 Å². The van der Waals surface area contributed by atoms with Gasteiger partial charge in [-0.2, -0.15) is 0 Å². The Morgan fingerprint density at radius 3 is 3.22 bits per heavy atom. The molecule has 120 valence electrons. The first-order valence-electron chi connectivity index (χ1n) is 8.08. The number of nitrogens with zero attached hydrogens (tertiary/aromatic N) is 3. The SMILES string of the molecule is O=C(Cc1csc(-c2ccccn2)n1)N1CCO[C@@H]2CCC[C@@H]21. The molecule has 0 N–H and O–H groups in total. The molecule has 1 amide bonds. The number of carbonyl (C=O) groups excluding carboxylic acids is 1. The molecule has 2 aromatic rings. The number of hydrogen-bond donors (Lipinski definition) is 0. The van der Waals surface area contributed by atoms with E-state index in [4.69, 9.17) is 4.74 Å². The van der Waals surface area contributed by atoms with Crippen molar-refractivity contribution in [3.05, 3.63) is 35.5 Å². The van der Waals surface area contributed by atoms with Crippen molar-refractivity contribution < 1.29 is 9.53 Å². The smallest absolute Gasteiger partial charge is 0.229 e. The average Bonchev–Trinajstić information content (AvgIpc) is 3.24. The lowest BCUT2D eigenvalue weighted by atomic mass is 10.1. The van der Waals surface area contributed by atoms with Gasteiger partial charge in [0.05, 0.1) is 36.6 Å². The summed E-state index contributed by atoms with van der Waals surface area (Å²) < 4.78 is 5.78. The summed E-state index contributed by atoms with van der Waals surface area (Å²) in [4.78, 5) is 23.6. The lowest BCUT2D eigenvalue weighted by Crippen LogP contribution is -2.51. The second-order valence-electron chi connectivity index (χ2n) is 6.03. The van der Waals surface area contributed by atoms with Crippen molar-refractivity contribution in [3.63, 3.8) is 0 Å². The Kier molecular flexibility index (Phi) is 4.10. The molecule has 1 aliphatic heterocycles. The van der Waals surface area contributed by atoms with Gasteiger partial charge in [-0.05, 0) is 31.4 Å². The maximum atomic E-state index is 12.7. The molecule has 0 bridgehead atoms. The van der Waals surface area contributed by atoms with E-state index in [9.17, 15) is 4.79 Å². The van der Waals surface area contributed by atoms with Gasteiger partial charge < -0.3 is 9.64 Å². The number of carbonyl (C=O) groups is 1. The van der Waals surface area contributed by atoms with E-state index in [2.05, 4.69) is 9.97 Å².